The summed E-state index contributed by atoms with van der Waals surface area (Å²) < 4.78 is 25.8. The van der Waals surface area contributed by atoms with Crippen LogP contribution < -0.4 is 35.9 Å². The van der Waals surface area contributed by atoms with Gasteiger partial charge in [-0.15, -0.1) is 0 Å². The van der Waals surface area contributed by atoms with Gasteiger partial charge in [-0.05, 0) is 83.2 Å². The molecule has 0 fully saturated rings. The van der Waals surface area contributed by atoms with E-state index in [1.165, 1.54) is 13.2 Å². The number of nitrogens with one attached hydrogen (secondary N) is 3. The molecule has 0 aliphatic heterocycles. The number of nitrogens with two attached hydrogens (primary N) is 1. The van der Waals surface area contributed by atoms with Crippen LogP contribution >= 0.6 is 0 Å². The number of nitrogens with zero attached hydrogens (tertiary/aromatic N) is 5. The van der Waals surface area contributed by atoms with E-state index in [-0.39, 0.29) is 49.3 Å². The van der Waals surface area contributed by atoms with Crippen molar-refractivity contribution in [2.24, 2.45) is 5.73 Å². The van der Waals surface area contributed by atoms with Gasteiger partial charge in [-0.2, -0.15) is 5.10 Å². The number of benzene rings is 3. The zero-order chi connectivity index (χ0) is 44.3. The number of hydrogen-bond donors (Lipinski definition) is 4. The van der Waals surface area contributed by atoms with Gasteiger partial charge in [0.2, 0.25) is 11.9 Å². The summed E-state index contributed by atoms with van der Waals surface area (Å²) in [7, 11) is 1.45. The quantitative estimate of drug-likeness (QED) is 0.0294. The van der Waals surface area contributed by atoms with Crippen LogP contribution in [0.2, 0.25) is 0 Å². The van der Waals surface area contributed by atoms with E-state index in [0.29, 0.717) is 58.0 Å². The van der Waals surface area contributed by atoms with Crippen LogP contribution in [-0.4, -0.2) is 80.9 Å². The molecule has 0 bridgehead atoms. The highest BCUT2D eigenvalue weighted by Gasteiger charge is 2.23. The van der Waals surface area contributed by atoms with Gasteiger partial charge in [0.05, 0.1) is 23.2 Å². The molecule has 0 unspecified atom stereocenters. The van der Waals surface area contributed by atoms with E-state index in [9.17, 15) is 29.3 Å². The van der Waals surface area contributed by atoms with Gasteiger partial charge in [0.25, 0.3) is 11.6 Å². The molecule has 3 amide bonds. The zero-order valence-electron chi connectivity index (χ0n) is 34.5. The number of carbonyl (C=O) groups excluding carboxylic acids is 4. The van der Waals surface area contributed by atoms with E-state index in [1.54, 1.807) is 104 Å². The van der Waals surface area contributed by atoms with Gasteiger partial charge in [0.1, 0.15) is 47.8 Å². The Hall–Kier alpha value is -7.70. The Morgan fingerprint density at radius 1 is 0.967 bits per heavy atom. The molecule has 0 atom stereocenters. The van der Waals surface area contributed by atoms with E-state index >= 15 is 0 Å². The average Bonchev–Trinajstić information content (AvgIpc) is 3.76. The average molecular weight is 838 g/mol. The number of carbonyl (C=O) groups is 4. The van der Waals surface area contributed by atoms with Gasteiger partial charge in [-0.25, -0.2) is 9.78 Å². The molecule has 0 aliphatic rings. The Bertz CT molecular complexity index is 2500. The van der Waals surface area contributed by atoms with Crippen LogP contribution in [0.5, 0.6) is 17.2 Å². The van der Waals surface area contributed by atoms with E-state index in [1.807, 2.05) is 6.92 Å². The standard InChI is InChI=1S/C42H47N9O10/c1-7-50-33(19-26(2)48-50)39(54)47-40-46-31-20-27(25-52)21-35(58-6)37(31)49(40)16-9-8-15-44-36-32(51(56)57)22-28(38(43)53)23-34(36)60-18-11-10-17-59-30-14-12-13-29(24-30)45-41(55)61-42(3,4)5/h8-14,19-25,44H,7,15-18H2,1-6H3,(H2,43,53)(H,45,55)(H,46,47,54)/b9-8+,11-10+. The first-order valence-corrected chi connectivity index (χ1v) is 19.0. The number of aldehydes is 1. The van der Waals surface area contributed by atoms with E-state index < -0.39 is 34.1 Å². The molecule has 2 aromatic heterocycles. The SMILES string of the molecule is CCn1nc(C)cc1C(=O)Nc1nc2cc(C=O)cc(OC)c2n1C/C=C/CNc1c(OC/C=C/COc2cccc(NC(=O)OC(C)(C)C)c2)cc(C(N)=O)cc1[N+](=O)[O-]. The number of methoxy groups -OCH3 is 1. The number of nitro groups is 1. The zero-order valence-corrected chi connectivity index (χ0v) is 34.5. The first-order chi connectivity index (χ1) is 29.1. The molecule has 19 nitrogen and oxygen atoms in total. The van der Waals surface area contributed by atoms with Gasteiger partial charge >= 0.3 is 6.09 Å². The largest absolute Gasteiger partial charge is 0.494 e. The molecule has 61 heavy (non-hydrogen) atoms. The van der Waals surface area contributed by atoms with E-state index in [4.69, 9.17) is 24.7 Å². The summed E-state index contributed by atoms with van der Waals surface area (Å²) in [5.74, 6) is -0.316. The van der Waals surface area contributed by atoms with Crippen molar-refractivity contribution >= 4 is 58.2 Å². The number of ether oxygens (including phenoxy) is 4. The summed E-state index contributed by atoms with van der Waals surface area (Å²) in [6.07, 6.45) is 6.81. The van der Waals surface area contributed by atoms with Crippen molar-refractivity contribution in [2.75, 3.05) is 42.8 Å². The number of aryl methyl sites for hydroxylation is 2. The number of nitro benzene ring substituents is 1. The van der Waals surface area contributed by atoms with Crippen LogP contribution in [0, 0.1) is 17.0 Å². The minimum absolute atomic E-state index is 0.00512. The molecule has 0 spiro atoms. The normalized spacial score (nSPS) is 11.4. The highest BCUT2D eigenvalue weighted by molar-refractivity contribution is 6.03. The molecule has 0 aliphatic carbocycles. The van der Waals surface area contributed by atoms with Crippen LogP contribution in [0.3, 0.4) is 0 Å². The number of imidazole rings is 1. The number of rotatable bonds is 19. The molecular weight excluding hydrogens is 791 g/mol. The lowest BCUT2D eigenvalue weighted by molar-refractivity contribution is -0.384. The Kier molecular flexibility index (Phi) is 14.4. The van der Waals surface area contributed by atoms with E-state index in [0.717, 1.165) is 6.07 Å². The van der Waals surface area contributed by atoms with Crippen molar-refractivity contribution in [3.63, 3.8) is 0 Å². The minimum Gasteiger partial charge on any atom is -0.494 e. The smallest absolute Gasteiger partial charge is 0.412 e. The molecule has 0 radical (unpaired) electrons. The number of hydrogen-bond acceptors (Lipinski definition) is 13. The van der Waals surface area contributed by atoms with Crippen LogP contribution in [0.15, 0.2) is 78.9 Å². The number of allylic oxidation sites excluding steroid dienone is 1. The van der Waals surface area contributed by atoms with Crippen LogP contribution in [0.1, 0.15) is 64.6 Å². The second-order valence-electron chi connectivity index (χ2n) is 14.3. The summed E-state index contributed by atoms with van der Waals surface area (Å²) in [5.41, 5.74) is 7.01. The number of fused-ring (bicyclic) bond motifs is 1. The second-order valence-corrected chi connectivity index (χ2v) is 14.3. The first kappa shape index (κ1) is 44.4. The summed E-state index contributed by atoms with van der Waals surface area (Å²) in [6, 6.07) is 13.9. The maximum atomic E-state index is 13.4. The maximum absolute atomic E-state index is 13.4. The molecule has 19 heteroatoms. The Balaban J connectivity index is 1.29. The van der Waals surface area contributed by atoms with Crippen LogP contribution in [0.4, 0.5) is 27.8 Å². The maximum Gasteiger partial charge on any atom is 0.412 e. The Morgan fingerprint density at radius 3 is 2.39 bits per heavy atom. The van der Waals surface area contributed by atoms with Crippen molar-refractivity contribution in [1.82, 2.24) is 19.3 Å². The summed E-state index contributed by atoms with van der Waals surface area (Å²) in [4.78, 5) is 65.5. The Labute approximate surface area is 350 Å². The van der Waals surface area contributed by atoms with Crippen molar-refractivity contribution in [2.45, 2.75) is 53.3 Å². The lowest BCUT2D eigenvalue weighted by Gasteiger charge is -2.19. The number of anilines is 3. The Morgan fingerprint density at radius 2 is 1.72 bits per heavy atom. The predicted molar refractivity (Wildman–Crippen MR) is 228 cm³/mol. The summed E-state index contributed by atoms with van der Waals surface area (Å²) in [5, 5.41) is 25.1. The third-order valence-electron chi connectivity index (χ3n) is 8.59. The highest BCUT2D eigenvalue weighted by Crippen LogP contribution is 2.36. The molecule has 3 aromatic carbocycles. The molecule has 5 rings (SSSR count). The third-order valence-corrected chi connectivity index (χ3v) is 8.59. The van der Waals surface area contributed by atoms with Gasteiger partial charge in [-0.1, -0.05) is 18.2 Å². The van der Waals surface area contributed by atoms with Gasteiger partial charge in [-0.3, -0.25) is 39.8 Å². The summed E-state index contributed by atoms with van der Waals surface area (Å²) in [6.45, 7) is 9.70. The van der Waals surface area contributed by atoms with Gasteiger partial charge in [0.15, 0.2) is 11.4 Å². The van der Waals surface area contributed by atoms with Crippen molar-refractivity contribution in [1.29, 1.82) is 0 Å². The fraction of sp³-hybridized carbons (Fsp3) is 0.286. The van der Waals surface area contributed by atoms with Gasteiger partial charge in [0, 0.05) is 48.6 Å². The molecule has 5 aromatic rings. The molecule has 320 valence electrons. The second kappa shape index (κ2) is 19.8. The van der Waals surface area contributed by atoms with Crippen LogP contribution in [0.25, 0.3) is 11.0 Å². The lowest BCUT2D eigenvalue weighted by atomic mass is 10.1. The monoisotopic (exact) mass is 837 g/mol. The van der Waals surface area contributed by atoms with Crippen molar-refractivity contribution < 1.29 is 43.0 Å². The number of primary amides is 1. The molecule has 5 N–H and O–H groups in total. The molecular formula is C42H47N9O10. The van der Waals surface area contributed by atoms with Gasteiger partial charge < -0.3 is 34.6 Å². The number of amides is 3. The highest BCUT2D eigenvalue weighted by atomic mass is 16.6. The van der Waals surface area contributed by atoms with Crippen molar-refractivity contribution in [3.8, 4) is 17.2 Å². The first-order valence-electron chi connectivity index (χ1n) is 19.0. The fourth-order valence-electron chi connectivity index (χ4n) is 5.99. The fourth-order valence-corrected chi connectivity index (χ4v) is 5.99. The van der Waals surface area contributed by atoms with E-state index in [2.05, 4.69) is 26.0 Å². The molecule has 2 heterocycles. The lowest BCUT2D eigenvalue weighted by Crippen LogP contribution is -2.27. The molecule has 0 saturated carbocycles. The minimum atomic E-state index is -0.882. The third kappa shape index (κ3) is 11.7. The van der Waals surface area contributed by atoms with Crippen molar-refractivity contribution in [3.05, 3.63) is 112 Å². The number of aromatic nitrogens is 4. The van der Waals surface area contributed by atoms with Crippen LogP contribution in [-0.2, 0) is 17.8 Å². The summed E-state index contributed by atoms with van der Waals surface area (Å²) >= 11 is 0. The topological polar surface area (TPSA) is 246 Å². The predicted octanol–water partition coefficient (Wildman–Crippen LogP) is 6.67. The molecule has 0 saturated heterocycles.